The zero-order valence-electron chi connectivity index (χ0n) is 14.2. The van der Waals surface area contributed by atoms with Crippen LogP contribution in [0.15, 0.2) is 23.0 Å². The lowest BCUT2D eigenvalue weighted by Crippen LogP contribution is -2.23. The smallest absolute Gasteiger partial charge is 0.254 e. The van der Waals surface area contributed by atoms with E-state index in [2.05, 4.69) is 20.4 Å². The van der Waals surface area contributed by atoms with Crippen LogP contribution in [0.5, 0.6) is 5.88 Å². The summed E-state index contributed by atoms with van der Waals surface area (Å²) in [7, 11) is 1.52. The van der Waals surface area contributed by atoms with Crippen molar-refractivity contribution in [3.05, 3.63) is 35.6 Å². The van der Waals surface area contributed by atoms with E-state index in [1.165, 1.54) is 7.11 Å². The number of amides is 1. The Morgan fingerprint density at radius 2 is 2.20 bits per heavy atom. The molecule has 0 radical (unpaired) electrons. The highest BCUT2D eigenvalue weighted by atomic mass is 16.5. The van der Waals surface area contributed by atoms with Crippen LogP contribution in [0.1, 0.15) is 48.9 Å². The van der Waals surface area contributed by atoms with Crippen molar-refractivity contribution < 1.29 is 18.8 Å². The van der Waals surface area contributed by atoms with Crippen LogP contribution in [-0.4, -0.2) is 34.7 Å². The fraction of sp³-hybridized carbons (Fsp3) is 0.529. The monoisotopic (exact) mass is 346 g/mol. The Kier molecular flexibility index (Phi) is 5.95. The number of methoxy groups -OCH3 is 1. The molecule has 1 aliphatic heterocycles. The Bertz CT molecular complexity index is 680. The van der Waals surface area contributed by atoms with Crippen LogP contribution in [-0.2, 0) is 22.5 Å². The summed E-state index contributed by atoms with van der Waals surface area (Å²) in [5, 5.41) is 6.54. The van der Waals surface area contributed by atoms with Gasteiger partial charge in [-0.15, -0.1) is 0 Å². The first-order valence-electron chi connectivity index (χ1n) is 8.43. The van der Waals surface area contributed by atoms with Crippen LogP contribution >= 0.6 is 0 Å². The first-order valence-corrected chi connectivity index (χ1v) is 8.43. The third-order valence-electron chi connectivity index (χ3n) is 4.03. The van der Waals surface area contributed by atoms with Gasteiger partial charge in [-0.1, -0.05) is 0 Å². The first kappa shape index (κ1) is 17.3. The number of nitrogens with zero attached hydrogens (tertiary/aromatic N) is 3. The SMILES string of the molecule is COc1cc(CCC(=O)NCc2cnc([C@H]3CCCCO3)nc2)on1. The number of hydrogen-bond donors (Lipinski definition) is 1. The minimum Gasteiger partial charge on any atom is -0.479 e. The number of ether oxygens (including phenoxy) is 2. The first-order chi connectivity index (χ1) is 12.2. The molecular formula is C17H22N4O4. The maximum Gasteiger partial charge on any atom is 0.254 e. The lowest BCUT2D eigenvalue weighted by Gasteiger charge is -2.21. The van der Waals surface area contributed by atoms with E-state index >= 15 is 0 Å². The summed E-state index contributed by atoms with van der Waals surface area (Å²) in [5.74, 6) is 1.67. The zero-order valence-corrected chi connectivity index (χ0v) is 14.2. The molecule has 134 valence electrons. The van der Waals surface area contributed by atoms with Crippen molar-refractivity contribution >= 4 is 5.91 Å². The number of carbonyl (C=O) groups is 1. The van der Waals surface area contributed by atoms with Crippen molar-refractivity contribution in [1.82, 2.24) is 20.4 Å². The van der Waals surface area contributed by atoms with E-state index in [1.54, 1.807) is 18.5 Å². The molecule has 25 heavy (non-hydrogen) atoms. The Morgan fingerprint density at radius 3 is 2.88 bits per heavy atom. The molecule has 0 unspecified atom stereocenters. The predicted molar refractivity (Wildman–Crippen MR) is 87.8 cm³/mol. The Labute approximate surface area is 145 Å². The molecule has 1 amide bonds. The number of nitrogens with one attached hydrogen (secondary N) is 1. The van der Waals surface area contributed by atoms with Crippen LogP contribution in [0, 0.1) is 0 Å². The molecule has 3 rings (SSSR count). The number of hydrogen-bond acceptors (Lipinski definition) is 7. The number of rotatable bonds is 7. The Hall–Kier alpha value is -2.48. The minimum atomic E-state index is -0.0740. The summed E-state index contributed by atoms with van der Waals surface area (Å²) in [6, 6.07) is 1.67. The van der Waals surface area contributed by atoms with E-state index in [0.29, 0.717) is 36.9 Å². The number of carbonyl (C=O) groups excluding carboxylic acids is 1. The third-order valence-corrected chi connectivity index (χ3v) is 4.03. The van der Waals surface area contributed by atoms with Gasteiger partial charge in [0.05, 0.1) is 7.11 Å². The largest absolute Gasteiger partial charge is 0.479 e. The molecule has 0 aliphatic carbocycles. The molecule has 3 heterocycles. The van der Waals surface area contributed by atoms with Crippen molar-refractivity contribution in [1.29, 1.82) is 0 Å². The molecule has 0 saturated carbocycles. The van der Waals surface area contributed by atoms with Crippen LogP contribution in [0.2, 0.25) is 0 Å². The van der Waals surface area contributed by atoms with Crippen LogP contribution in [0.25, 0.3) is 0 Å². The molecule has 1 saturated heterocycles. The molecule has 2 aromatic rings. The van der Waals surface area contributed by atoms with Gasteiger partial charge < -0.3 is 19.3 Å². The molecule has 2 aromatic heterocycles. The van der Waals surface area contributed by atoms with Gasteiger partial charge >= 0.3 is 0 Å². The molecule has 1 aliphatic rings. The van der Waals surface area contributed by atoms with Crippen LogP contribution in [0.4, 0.5) is 0 Å². The van der Waals surface area contributed by atoms with E-state index in [4.69, 9.17) is 14.0 Å². The maximum absolute atomic E-state index is 11.9. The lowest BCUT2D eigenvalue weighted by atomic mass is 10.1. The number of aryl methyl sites for hydroxylation is 1. The fourth-order valence-corrected chi connectivity index (χ4v) is 2.60. The van der Waals surface area contributed by atoms with Gasteiger partial charge in [-0.3, -0.25) is 4.79 Å². The van der Waals surface area contributed by atoms with Gasteiger partial charge in [0.2, 0.25) is 5.91 Å². The predicted octanol–water partition coefficient (Wildman–Crippen LogP) is 1.96. The fourth-order valence-electron chi connectivity index (χ4n) is 2.60. The third kappa shape index (κ3) is 4.99. The lowest BCUT2D eigenvalue weighted by molar-refractivity contribution is -0.121. The number of aromatic nitrogens is 3. The maximum atomic E-state index is 11.9. The zero-order chi connectivity index (χ0) is 17.5. The van der Waals surface area contributed by atoms with E-state index in [0.717, 1.165) is 31.4 Å². The van der Waals surface area contributed by atoms with E-state index in [1.807, 2.05) is 0 Å². The van der Waals surface area contributed by atoms with Crippen molar-refractivity contribution in [2.75, 3.05) is 13.7 Å². The summed E-state index contributed by atoms with van der Waals surface area (Å²) in [6.45, 7) is 1.16. The average Bonchev–Trinajstić information content (AvgIpc) is 3.14. The van der Waals surface area contributed by atoms with Gasteiger partial charge in [0, 0.05) is 50.0 Å². The second-order valence-electron chi connectivity index (χ2n) is 5.92. The molecule has 1 fully saturated rings. The summed E-state index contributed by atoms with van der Waals surface area (Å²) in [5.41, 5.74) is 0.856. The van der Waals surface area contributed by atoms with E-state index in [-0.39, 0.29) is 12.0 Å². The molecule has 1 N–H and O–H groups in total. The van der Waals surface area contributed by atoms with Gasteiger partial charge in [0.15, 0.2) is 5.82 Å². The quantitative estimate of drug-likeness (QED) is 0.818. The van der Waals surface area contributed by atoms with Crippen molar-refractivity contribution in [2.24, 2.45) is 0 Å². The highest BCUT2D eigenvalue weighted by Crippen LogP contribution is 2.24. The molecule has 1 atom stereocenters. The summed E-state index contributed by atoms with van der Waals surface area (Å²) in [4.78, 5) is 20.6. The highest BCUT2D eigenvalue weighted by molar-refractivity contribution is 5.76. The highest BCUT2D eigenvalue weighted by Gasteiger charge is 2.18. The molecular weight excluding hydrogens is 324 g/mol. The van der Waals surface area contributed by atoms with Crippen LogP contribution in [0.3, 0.4) is 0 Å². The van der Waals surface area contributed by atoms with Crippen molar-refractivity contribution in [3.8, 4) is 5.88 Å². The van der Waals surface area contributed by atoms with Gasteiger partial charge in [-0.05, 0) is 24.4 Å². The second-order valence-corrected chi connectivity index (χ2v) is 5.92. The van der Waals surface area contributed by atoms with Crippen molar-refractivity contribution in [3.63, 3.8) is 0 Å². The van der Waals surface area contributed by atoms with Gasteiger partial charge in [0.1, 0.15) is 11.9 Å². The van der Waals surface area contributed by atoms with Gasteiger partial charge in [-0.25, -0.2) is 9.97 Å². The van der Waals surface area contributed by atoms with Gasteiger partial charge in [-0.2, -0.15) is 0 Å². The van der Waals surface area contributed by atoms with Crippen LogP contribution < -0.4 is 10.1 Å². The molecule has 8 heteroatoms. The summed E-state index contributed by atoms with van der Waals surface area (Å²) < 4.78 is 15.7. The van der Waals surface area contributed by atoms with E-state index in [9.17, 15) is 4.79 Å². The Balaban J connectivity index is 1.42. The topological polar surface area (TPSA) is 99.4 Å². The standard InChI is InChI=1S/C17H22N4O4/c1-23-16-8-13(25-21-16)5-6-15(22)18-9-12-10-19-17(20-11-12)14-4-2-3-7-24-14/h8,10-11,14H,2-7,9H2,1H3,(H,18,22)/t14-/m1/s1. The Morgan fingerprint density at radius 1 is 1.36 bits per heavy atom. The molecule has 8 nitrogen and oxygen atoms in total. The molecule has 0 aromatic carbocycles. The van der Waals surface area contributed by atoms with E-state index < -0.39 is 0 Å². The minimum absolute atomic E-state index is 0.00344. The summed E-state index contributed by atoms with van der Waals surface area (Å²) in [6.07, 6.45) is 7.46. The summed E-state index contributed by atoms with van der Waals surface area (Å²) >= 11 is 0. The molecule has 0 spiro atoms. The van der Waals surface area contributed by atoms with Crippen molar-refractivity contribution in [2.45, 2.75) is 44.8 Å². The normalized spacial score (nSPS) is 17.2. The second kappa shape index (κ2) is 8.57. The molecule has 0 bridgehead atoms. The average molecular weight is 346 g/mol. The van der Waals surface area contributed by atoms with Gasteiger partial charge in [0.25, 0.3) is 5.88 Å².